The van der Waals surface area contributed by atoms with Gasteiger partial charge in [0.25, 0.3) is 10.0 Å². The summed E-state index contributed by atoms with van der Waals surface area (Å²) in [5.74, 6) is -2.84. The summed E-state index contributed by atoms with van der Waals surface area (Å²) < 4.78 is 56.7. The second kappa shape index (κ2) is 6.10. The summed E-state index contributed by atoms with van der Waals surface area (Å²) in [6.07, 6.45) is 0. The van der Waals surface area contributed by atoms with Crippen LogP contribution in [0.15, 0.2) is 47.4 Å². The summed E-state index contributed by atoms with van der Waals surface area (Å²) >= 11 is 0. The minimum absolute atomic E-state index is 0.115. The van der Waals surface area contributed by atoms with Crippen LogP contribution in [0, 0.1) is 11.6 Å². The molecule has 0 saturated heterocycles. The van der Waals surface area contributed by atoms with Crippen molar-refractivity contribution in [2.24, 2.45) is 0 Å². The van der Waals surface area contributed by atoms with Crippen molar-refractivity contribution in [3.63, 3.8) is 0 Å². The predicted molar refractivity (Wildman–Crippen MR) is 74.9 cm³/mol. The summed E-state index contributed by atoms with van der Waals surface area (Å²) in [4.78, 5) is 11.1. The molecule has 0 spiro atoms. The van der Waals surface area contributed by atoms with Gasteiger partial charge in [-0.25, -0.2) is 22.0 Å². The van der Waals surface area contributed by atoms with Gasteiger partial charge >= 0.3 is 5.97 Å². The van der Waals surface area contributed by atoms with Gasteiger partial charge in [0.1, 0.15) is 0 Å². The Morgan fingerprint density at radius 3 is 2.23 bits per heavy atom. The van der Waals surface area contributed by atoms with E-state index >= 15 is 0 Å². The van der Waals surface area contributed by atoms with Gasteiger partial charge in [-0.05, 0) is 36.4 Å². The van der Waals surface area contributed by atoms with Crippen LogP contribution in [0.3, 0.4) is 0 Å². The molecule has 0 atom stereocenters. The van der Waals surface area contributed by atoms with Gasteiger partial charge < -0.3 is 4.74 Å². The Morgan fingerprint density at radius 1 is 1.05 bits per heavy atom. The zero-order valence-corrected chi connectivity index (χ0v) is 12.2. The van der Waals surface area contributed by atoms with E-state index in [1.165, 1.54) is 31.4 Å². The lowest BCUT2D eigenvalue weighted by atomic mass is 10.2. The third kappa shape index (κ3) is 3.40. The lowest BCUT2D eigenvalue weighted by Crippen LogP contribution is -2.13. The highest BCUT2D eigenvalue weighted by Gasteiger charge is 2.16. The maximum atomic E-state index is 13.1. The monoisotopic (exact) mass is 327 g/mol. The predicted octanol–water partition coefficient (Wildman–Crippen LogP) is 2.55. The molecule has 2 aromatic carbocycles. The molecule has 8 heteroatoms. The van der Waals surface area contributed by atoms with Crippen molar-refractivity contribution in [1.29, 1.82) is 0 Å². The zero-order valence-electron chi connectivity index (χ0n) is 11.3. The molecule has 0 aliphatic rings. The van der Waals surface area contributed by atoms with E-state index in [9.17, 15) is 22.0 Å². The fourth-order valence-corrected chi connectivity index (χ4v) is 2.71. The van der Waals surface area contributed by atoms with Crippen molar-refractivity contribution in [2.75, 3.05) is 11.8 Å². The van der Waals surface area contributed by atoms with Gasteiger partial charge in [0.2, 0.25) is 0 Å². The van der Waals surface area contributed by atoms with Crippen LogP contribution in [-0.4, -0.2) is 21.5 Å². The molecule has 0 aromatic heterocycles. The van der Waals surface area contributed by atoms with E-state index in [1.807, 2.05) is 0 Å². The second-order valence-corrected chi connectivity index (χ2v) is 5.93. The Bertz CT molecular complexity index is 804. The SMILES string of the molecule is COC(=O)c1ccc(S(=O)(=O)Nc2ccc(F)c(F)c2)cc1. The number of sulfonamides is 1. The van der Waals surface area contributed by atoms with Crippen LogP contribution in [0.4, 0.5) is 14.5 Å². The number of methoxy groups -OCH3 is 1. The number of nitrogens with one attached hydrogen (secondary N) is 1. The van der Waals surface area contributed by atoms with Crippen LogP contribution >= 0.6 is 0 Å². The number of carbonyl (C=O) groups is 1. The van der Waals surface area contributed by atoms with Crippen molar-refractivity contribution < 1.29 is 26.7 Å². The van der Waals surface area contributed by atoms with E-state index < -0.39 is 27.6 Å². The fraction of sp³-hybridized carbons (Fsp3) is 0.0714. The fourth-order valence-electron chi connectivity index (χ4n) is 1.66. The highest BCUT2D eigenvalue weighted by Crippen LogP contribution is 2.19. The average molecular weight is 327 g/mol. The second-order valence-electron chi connectivity index (χ2n) is 4.25. The lowest BCUT2D eigenvalue weighted by molar-refractivity contribution is 0.0600. The molecular weight excluding hydrogens is 316 g/mol. The van der Waals surface area contributed by atoms with Gasteiger partial charge in [-0.15, -0.1) is 0 Å². The number of hydrogen-bond donors (Lipinski definition) is 1. The standard InChI is InChI=1S/C14H11F2NO4S/c1-21-14(18)9-2-5-11(6-3-9)22(19,20)17-10-4-7-12(15)13(16)8-10/h2-8,17H,1H3. The summed E-state index contributed by atoms with van der Waals surface area (Å²) in [5, 5.41) is 0. The normalized spacial score (nSPS) is 11.0. The zero-order chi connectivity index (χ0) is 16.3. The van der Waals surface area contributed by atoms with Gasteiger partial charge in [-0.1, -0.05) is 0 Å². The van der Waals surface area contributed by atoms with Gasteiger partial charge in [-0.2, -0.15) is 0 Å². The van der Waals surface area contributed by atoms with E-state index in [2.05, 4.69) is 9.46 Å². The molecule has 0 amide bonds. The van der Waals surface area contributed by atoms with Crippen molar-refractivity contribution in [3.8, 4) is 0 Å². The van der Waals surface area contributed by atoms with Crippen molar-refractivity contribution in [1.82, 2.24) is 0 Å². The van der Waals surface area contributed by atoms with Gasteiger partial charge in [0.05, 0.1) is 23.3 Å². The number of benzene rings is 2. The van der Waals surface area contributed by atoms with E-state index in [0.29, 0.717) is 0 Å². The number of anilines is 1. The maximum Gasteiger partial charge on any atom is 0.337 e. The van der Waals surface area contributed by atoms with Gasteiger partial charge in [-0.3, -0.25) is 4.72 Å². The summed E-state index contributed by atoms with van der Waals surface area (Å²) in [6.45, 7) is 0. The summed E-state index contributed by atoms with van der Waals surface area (Å²) in [6, 6.07) is 7.61. The molecule has 5 nitrogen and oxygen atoms in total. The van der Waals surface area contributed by atoms with E-state index in [0.717, 1.165) is 18.2 Å². The molecule has 116 valence electrons. The third-order valence-electron chi connectivity index (χ3n) is 2.76. The number of carbonyl (C=O) groups excluding carboxylic acids is 1. The number of halogens is 2. The minimum atomic E-state index is -3.98. The Morgan fingerprint density at radius 2 is 1.68 bits per heavy atom. The van der Waals surface area contributed by atoms with Crippen LogP contribution in [0.5, 0.6) is 0 Å². The third-order valence-corrected chi connectivity index (χ3v) is 4.15. The molecule has 0 fully saturated rings. The topological polar surface area (TPSA) is 72.5 Å². The number of esters is 1. The Hall–Kier alpha value is -2.48. The number of ether oxygens (including phenoxy) is 1. The van der Waals surface area contributed by atoms with Crippen LogP contribution < -0.4 is 4.72 Å². The molecule has 2 aromatic rings. The quantitative estimate of drug-likeness (QED) is 0.876. The molecule has 0 unspecified atom stereocenters. The molecule has 0 aliphatic heterocycles. The van der Waals surface area contributed by atoms with Crippen LogP contribution in [0.1, 0.15) is 10.4 Å². The van der Waals surface area contributed by atoms with Crippen LogP contribution in [-0.2, 0) is 14.8 Å². The van der Waals surface area contributed by atoms with Gasteiger partial charge in [0.15, 0.2) is 11.6 Å². The Labute approximate surface area is 125 Å². The largest absolute Gasteiger partial charge is 0.465 e. The Kier molecular flexibility index (Phi) is 4.41. The lowest BCUT2D eigenvalue weighted by Gasteiger charge is -2.09. The first kappa shape index (κ1) is 15.9. The molecule has 1 N–H and O–H groups in total. The summed E-state index contributed by atoms with van der Waals surface area (Å²) in [7, 11) is -2.78. The minimum Gasteiger partial charge on any atom is -0.465 e. The van der Waals surface area contributed by atoms with Crippen LogP contribution in [0.2, 0.25) is 0 Å². The molecule has 0 saturated carbocycles. The molecule has 22 heavy (non-hydrogen) atoms. The highest BCUT2D eigenvalue weighted by atomic mass is 32.2. The summed E-state index contributed by atoms with van der Waals surface area (Å²) in [5.41, 5.74) is 0.0743. The smallest absolute Gasteiger partial charge is 0.337 e. The highest BCUT2D eigenvalue weighted by molar-refractivity contribution is 7.92. The van der Waals surface area contributed by atoms with Crippen molar-refractivity contribution in [2.45, 2.75) is 4.90 Å². The Balaban J connectivity index is 2.26. The number of hydrogen-bond acceptors (Lipinski definition) is 4. The van der Waals surface area contributed by atoms with Gasteiger partial charge in [0, 0.05) is 6.07 Å². The first-order chi connectivity index (χ1) is 10.3. The van der Waals surface area contributed by atoms with Crippen molar-refractivity contribution in [3.05, 3.63) is 59.7 Å². The van der Waals surface area contributed by atoms with Crippen LogP contribution in [0.25, 0.3) is 0 Å². The first-order valence-electron chi connectivity index (χ1n) is 6.00. The first-order valence-corrected chi connectivity index (χ1v) is 7.48. The average Bonchev–Trinajstić information content (AvgIpc) is 2.50. The molecular formula is C14H11F2NO4S. The molecule has 2 rings (SSSR count). The molecule has 0 aliphatic carbocycles. The molecule has 0 radical (unpaired) electrons. The molecule has 0 bridgehead atoms. The number of rotatable bonds is 4. The van der Waals surface area contributed by atoms with E-state index in [-0.39, 0.29) is 16.1 Å². The van der Waals surface area contributed by atoms with E-state index in [1.54, 1.807) is 0 Å². The maximum absolute atomic E-state index is 13.1. The molecule has 0 heterocycles. The van der Waals surface area contributed by atoms with Crippen molar-refractivity contribution >= 4 is 21.7 Å². The van der Waals surface area contributed by atoms with E-state index in [4.69, 9.17) is 0 Å².